The van der Waals surface area contributed by atoms with Crippen LogP contribution in [-0.4, -0.2) is 25.7 Å². The third-order valence-electron chi connectivity index (χ3n) is 5.51. The van der Waals surface area contributed by atoms with E-state index in [1.807, 2.05) is 0 Å². The first-order valence-electron chi connectivity index (χ1n) is 10.0. The van der Waals surface area contributed by atoms with Crippen molar-refractivity contribution >= 4 is 45.7 Å². The highest BCUT2D eigenvalue weighted by atomic mass is 35.5. The van der Waals surface area contributed by atoms with Crippen molar-refractivity contribution < 1.29 is 9.18 Å². The Bertz CT molecular complexity index is 1310. The van der Waals surface area contributed by atoms with E-state index in [1.165, 1.54) is 6.07 Å². The lowest BCUT2D eigenvalue weighted by Crippen LogP contribution is -2.14. The van der Waals surface area contributed by atoms with Gasteiger partial charge in [-0.05, 0) is 49.2 Å². The number of aryl methyl sites for hydroxylation is 1. The van der Waals surface area contributed by atoms with Gasteiger partial charge >= 0.3 is 0 Å². The Labute approximate surface area is 187 Å². The van der Waals surface area contributed by atoms with Gasteiger partial charge in [-0.25, -0.2) is 4.39 Å². The Morgan fingerprint density at radius 1 is 1.10 bits per heavy atom. The molecule has 0 bridgehead atoms. The van der Waals surface area contributed by atoms with E-state index in [0.29, 0.717) is 27.3 Å². The van der Waals surface area contributed by atoms with Crippen LogP contribution in [0.1, 0.15) is 35.6 Å². The molecule has 0 aliphatic carbocycles. The van der Waals surface area contributed by atoms with Crippen molar-refractivity contribution in [3.05, 3.63) is 63.8 Å². The molecule has 1 aliphatic heterocycles. The van der Waals surface area contributed by atoms with Crippen LogP contribution in [0.25, 0.3) is 22.3 Å². The minimum Gasteiger partial charge on any atom is -0.349 e. The molecule has 0 fully saturated rings. The summed E-state index contributed by atoms with van der Waals surface area (Å²) in [5, 5.41) is 12.6. The molecule has 1 amide bonds. The molecule has 0 spiro atoms. The Morgan fingerprint density at radius 3 is 2.84 bits per heavy atom. The number of carbonyl (C=O) groups is 1. The van der Waals surface area contributed by atoms with Crippen molar-refractivity contribution in [2.75, 3.05) is 5.32 Å². The molecular weight excluding hydrogens is 440 g/mol. The molecule has 0 saturated heterocycles. The molecule has 0 saturated carbocycles. The summed E-state index contributed by atoms with van der Waals surface area (Å²) in [5.41, 5.74) is 1.54. The first-order valence-corrected chi connectivity index (χ1v) is 10.8. The van der Waals surface area contributed by atoms with Gasteiger partial charge in [0.1, 0.15) is 17.3 Å². The quantitative estimate of drug-likeness (QED) is 0.404. The minimum atomic E-state index is -0.553. The largest absolute Gasteiger partial charge is 0.349 e. The van der Waals surface area contributed by atoms with Crippen LogP contribution in [0.2, 0.25) is 10.0 Å². The fourth-order valence-corrected chi connectivity index (χ4v) is 4.39. The zero-order valence-electron chi connectivity index (χ0n) is 16.4. The van der Waals surface area contributed by atoms with Crippen LogP contribution < -0.4 is 5.32 Å². The van der Waals surface area contributed by atoms with E-state index in [4.69, 9.17) is 23.2 Å². The average Bonchev–Trinajstić information content (AvgIpc) is 3.21. The number of carbonyl (C=O) groups excluding carboxylic acids is 1. The number of fused-ring (bicyclic) bond motifs is 2. The summed E-state index contributed by atoms with van der Waals surface area (Å²) < 4.78 is 16.6. The average molecular weight is 458 g/mol. The molecule has 6 nitrogen and oxygen atoms in total. The van der Waals surface area contributed by atoms with Crippen LogP contribution in [0.4, 0.5) is 10.1 Å². The van der Waals surface area contributed by atoms with Crippen molar-refractivity contribution in [1.82, 2.24) is 19.7 Å². The van der Waals surface area contributed by atoms with Crippen LogP contribution in [0, 0.1) is 5.82 Å². The van der Waals surface area contributed by atoms with Crippen molar-refractivity contribution in [3.63, 3.8) is 0 Å². The number of hydrogen-bond acceptors (Lipinski definition) is 3. The molecule has 158 valence electrons. The van der Waals surface area contributed by atoms with Crippen LogP contribution in [0.3, 0.4) is 0 Å². The summed E-state index contributed by atoms with van der Waals surface area (Å²) in [6, 6.07) is 9.64. The number of aromatic nitrogens is 4. The van der Waals surface area contributed by atoms with E-state index in [9.17, 15) is 9.18 Å². The molecule has 3 heterocycles. The van der Waals surface area contributed by atoms with E-state index in [2.05, 4.69) is 25.1 Å². The van der Waals surface area contributed by atoms with Gasteiger partial charge in [0, 0.05) is 34.5 Å². The van der Waals surface area contributed by atoms with E-state index in [1.54, 1.807) is 30.3 Å². The predicted octanol–water partition coefficient (Wildman–Crippen LogP) is 5.85. The van der Waals surface area contributed by atoms with Crippen molar-refractivity contribution in [2.45, 2.75) is 32.2 Å². The number of rotatable bonds is 3. The van der Waals surface area contributed by atoms with Gasteiger partial charge in [0.05, 0.1) is 10.7 Å². The van der Waals surface area contributed by atoms with Crippen molar-refractivity contribution in [2.24, 2.45) is 0 Å². The number of anilines is 1. The number of benzene rings is 2. The van der Waals surface area contributed by atoms with Crippen LogP contribution in [-0.2, 0) is 13.0 Å². The second-order valence-corrected chi connectivity index (χ2v) is 8.37. The summed E-state index contributed by atoms with van der Waals surface area (Å²) in [6.45, 7) is 0.823. The molecule has 9 heteroatoms. The lowest BCUT2D eigenvalue weighted by molar-refractivity contribution is 0.102. The first kappa shape index (κ1) is 20.0. The molecule has 4 aromatic rings. The summed E-state index contributed by atoms with van der Waals surface area (Å²) in [6.07, 6.45) is 4.15. The van der Waals surface area contributed by atoms with Crippen LogP contribution in [0.5, 0.6) is 0 Å². The molecular formula is C22H18Cl2FN5O. The van der Waals surface area contributed by atoms with E-state index >= 15 is 0 Å². The second-order valence-electron chi connectivity index (χ2n) is 7.55. The monoisotopic (exact) mass is 457 g/mol. The third kappa shape index (κ3) is 3.68. The van der Waals surface area contributed by atoms with Gasteiger partial charge in [0.15, 0.2) is 5.82 Å². The number of nitrogens with zero attached hydrogens (tertiary/aromatic N) is 3. The number of aromatic amines is 1. The summed E-state index contributed by atoms with van der Waals surface area (Å²) in [5.74, 6) is 0.507. The van der Waals surface area contributed by atoms with Gasteiger partial charge in [-0.15, -0.1) is 10.2 Å². The lowest BCUT2D eigenvalue weighted by Gasteiger charge is -2.10. The number of amides is 1. The zero-order chi connectivity index (χ0) is 21.5. The van der Waals surface area contributed by atoms with Gasteiger partial charge in [0.2, 0.25) is 0 Å². The van der Waals surface area contributed by atoms with Crippen LogP contribution >= 0.6 is 23.2 Å². The summed E-state index contributed by atoms with van der Waals surface area (Å²) >= 11 is 12.4. The highest BCUT2D eigenvalue weighted by molar-refractivity contribution is 6.40. The second kappa shape index (κ2) is 7.98. The fraction of sp³-hybridized carbons (Fsp3) is 0.227. The molecule has 2 aromatic heterocycles. The third-order valence-corrected chi connectivity index (χ3v) is 6.13. The Kier molecular flexibility index (Phi) is 5.16. The number of nitrogens with one attached hydrogen (secondary N) is 2. The highest BCUT2D eigenvalue weighted by Crippen LogP contribution is 2.31. The Morgan fingerprint density at radius 2 is 1.97 bits per heavy atom. The maximum Gasteiger partial charge on any atom is 0.273 e. The molecule has 2 aromatic carbocycles. The fourth-order valence-electron chi connectivity index (χ4n) is 3.93. The Hall–Kier alpha value is -2.90. The normalized spacial score (nSPS) is 13.8. The minimum absolute atomic E-state index is 0.0428. The van der Waals surface area contributed by atoms with E-state index in [0.717, 1.165) is 38.1 Å². The lowest BCUT2D eigenvalue weighted by atomic mass is 10.1. The standard InChI is InChI=1S/C22H18Cl2FN5O/c23-13-6-8-16-14(11-13)19(24)20(26-16)22(31)27-17-10-12(5-7-15(17)25)21-29-28-18-4-2-1-3-9-30(18)21/h5-8,10-11,26H,1-4,9H2,(H,27,31). The Balaban J connectivity index is 1.47. The van der Waals surface area contributed by atoms with Crippen LogP contribution in [0.15, 0.2) is 36.4 Å². The topological polar surface area (TPSA) is 75.6 Å². The smallest absolute Gasteiger partial charge is 0.273 e. The molecule has 2 N–H and O–H groups in total. The zero-order valence-corrected chi connectivity index (χ0v) is 17.9. The van der Waals surface area contributed by atoms with Crippen molar-refractivity contribution in [3.8, 4) is 11.4 Å². The highest BCUT2D eigenvalue weighted by Gasteiger charge is 2.20. The van der Waals surface area contributed by atoms with E-state index in [-0.39, 0.29) is 16.4 Å². The molecule has 5 rings (SSSR count). The maximum absolute atomic E-state index is 14.5. The molecule has 31 heavy (non-hydrogen) atoms. The SMILES string of the molecule is O=C(Nc1cc(-c2nnc3n2CCCCC3)ccc1F)c1[nH]c2ccc(Cl)cc2c1Cl. The summed E-state index contributed by atoms with van der Waals surface area (Å²) in [7, 11) is 0. The maximum atomic E-state index is 14.5. The number of hydrogen-bond donors (Lipinski definition) is 2. The van der Waals surface area contributed by atoms with Gasteiger partial charge in [-0.2, -0.15) is 0 Å². The molecule has 0 radical (unpaired) electrons. The molecule has 0 unspecified atom stereocenters. The van der Waals surface area contributed by atoms with Crippen molar-refractivity contribution in [1.29, 1.82) is 0 Å². The van der Waals surface area contributed by atoms with Gasteiger partial charge in [-0.1, -0.05) is 29.6 Å². The van der Waals surface area contributed by atoms with Gasteiger partial charge in [-0.3, -0.25) is 4.79 Å². The number of H-pyrrole nitrogens is 1. The molecule has 1 aliphatic rings. The first-order chi connectivity index (χ1) is 15.0. The summed E-state index contributed by atoms with van der Waals surface area (Å²) in [4.78, 5) is 15.8. The van der Waals surface area contributed by atoms with E-state index < -0.39 is 11.7 Å². The predicted molar refractivity (Wildman–Crippen MR) is 119 cm³/mol. The molecule has 0 atom stereocenters. The van der Waals surface area contributed by atoms with Gasteiger partial charge < -0.3 is 14.9 Å². The number of halogens is 3. The van der Waals surface area contributed by atoms with Gasteiger partial charge in [0.25, 0.3) is 5.91 Å².